The maximum Gasteiger partial charge on any atom is 0.359 e. The van der Waals surface area contributed by atoms with Crippen LogP contribution in [0, 0.1) is 0 Å². The predicted molar refractivity (Wildman–Crippen MR) is 111 cm³/mol. The lowest BCUT2D eigenvalue weighted by molar-refractivity contribution is -0.107. The Kier molecular flexibility index (Phi) is 8.15. The van der Waals surface area contributed by atoms with Crippen LogP contribution in [0.3, 0.4) is 0 Å². The van der Waals surface area contributed by atoms with Crippen molar-refractivity contribution in [3.05, 3.63) is 23.0 Å². The zero-order valence-corrected chi connectivity index (χ0v) is 19.0. The lowest BCUT2D eigenvalue weighted by atomic mass is 10.0. The highest BCUT2D eigenvalue weighted by atomic mass is 31.2. The van der Waals surface area contributed by atoms with Crippen molar-refractivity contribution >= 4 is 18.8 Å². The number of imidazole rings is 1. The molecule has 2 aromatic rings. The molecule has 0 fully saturated rings. The maximum absolute atomic E-state index is 12.6. The van der Waals surface area contributed by atoms with Crippen LogP contribution < -0.4 is 5.56 Å². The largest absolute Gasteiger partial charge is 0.394 e. The minimum atomic E-state index is -4.36. The van der Waals surface area contributed by atoms with Crippen molar-refractivity contribution in [2.75, 3.05) is 13.2 Å². The summed E-state index contributed by atoms with van der Waals surface area (Å²) >= 11 is 0. The molecule has 0 amide bonds. The van der Waals surface area contributed by atoms with E-state index in [2.05, 4.69) is 15.0 Å². The van der Waals surface area contributed by atoms with Crippen molar-refractivity contribution < 1.29 is 34.0 Å². The average Bonchev–Trinajstić information content (AvgIpc) is 3.15. The highest BCUT2D eigenvalue weighted by Gasteiger charge is 2.46. The van der Waals surface area contributed by atoms with Gasteiger partial charge in [0, 0.05) is 6.42 Å². The van der Waals surface area contributed by atoms with Gasteiger partial charge in [-0.3, -0.25) is 13.9 Å². The molecule has 5 N–H and O–H groups in total. The second-order valence-corrected chi connectivity index (χ2v) is 9.99. The van der Waals surface area contributed by atoms with Crippen molar-refractivity contribution in [3.63, 3.8) is 0 Å². The number of hydrogen-bond acceptors (Lipinski definition) is 9. The number of nitrogens with one attached hydrogen (secondary N) is 1. The first-order valence-electron chi connectivity index (χ1n) is 9.98. The quantitative estimate of drug-likeness (QED) is 0.284. The third-order valence-electron chi connectivity index (χ3n) is 5.45. The number of aliphatic hydroxyl groups excluding tert-OH is 2. The van der Waals surface area contributed by atoms with Gasteiger partial charge in [0.1, 0.15) is 6.10 Å². The number of aromatic amines is 1. The first-order valence-corrected chi connectivity index (χ1v) is 11.6. The normalized spacial score (nSPS) is 20.0. The fraction of sp³-hybridized carbons (Fsp3) is 0.722. The van der Waals surface area contributed by atoms with E-state index in [1.807, 2.05) is 0 Å². The summed E-state index contributed by atoms with van der Waals surface area (Å²) < 4.78 is 25.1. The van der Waals surface area contributed by atoms with E-state index in [0.29, 0.717) is 6.42 Å². The van der Waals surface area contributed by atoms with Gasteiger partial charge in [-0.05, 0) is 26.7 Å². The van der Waals surface area contributed by atoms with Gasteiger partial charge in [0.2, 0.25) is 0 Å². The van der Waals surface area contributed by atoms with E-state index in [0.717, 1.165) is 0 Å². The van der Waals surface area contributed by atoms with Crippen molar-refractivity contribution in [2.45, 2.75) is 70.2 Å². The Morgan fingerprint density at radius 3 is 2.55 bits per heavy atom. The Hall–Kier alpha value is -1.66. The summed E-state index contributed by atoms with van der Waals surface area (Å²) in [7, 11) is -4.36. The number of fused-ring (bicyclic) bond motifs is 1. The summed E-state index contributed by atoms with van der Waals surface area (Å²) in [5, 5.41) is 28.0. The van der Waals surface area contributed by atoms with Crippen LogP contribution in [0.1, 0.15) is 53.2 Å². The van der Waals surface area contributed by atoms with Crippen LogP contribution in [0.25, 0.3) is 11.2 Å². The van der Waals surface area contributed by atoms with Gasteiger partial charge in [-0.15, -0.1) is 0 Å². The highest BCUT2D eigenvalue weighted by molar-refractivity contribution is 7.54. The van der Waals surface area contributed by atoms with Gasteiger partial charge >= 0.3 is 7.60 Å². The molecule has 2 aromatic heterocycles. The van der Waals surface area contributed by atoms with Gasteiger partial charge in [-0.1, -0.05) is 13.8 Å². The van der Waals surface area contributed by atoms with Gasteiger partial charge in [0.15, 0.2) is 22.7 Å². The van der Waals surface area contributed by atoms with E-state index in [-0.39, 0.29) is 30.6 Å². The van der Waals surface area contributed by atoms with Crippen LogP contribution in [0.15, 0.2) is 17.4 Å². The molecule has 2 unspecified atom stereocenters. The van der Waals surface area contributed by atoms with Crippen LogP contribution in [0.5, 0.6) is 0 Å². The standard InChI is InChI=1S/C18H31N4O8P/c1-5-17(3,30-31(27,28)18(4,26)6-2)7-8-29-16(12(24)9-23)22-11-21-13-14(22)19-10-20-15(13)25/h10-12,16,23-24,26H,5-9H2,1-4H3,(H,27,28)(H,19,20,25)/t12-,16-,17?,18-/m1/s1. The van der Waals surface area contributed by atoms with Crippen LogP contribution in [-0.4, -0.2) is 70.0 Å². The highest BCUT2D eigenvalue weighted by Crippen LogP contribution is 2.58. The SMILES string of the molecule is CCC(C)(CCO[C@H]([C@H](O)CO)n1cnc2c(=O)[nH]cnc21)OP(=O)(O)[C@@](C)(O)CC. The minimum Gasteiger partial charge on any atom is -0.394 e. The Bertz CT molecular complexity index is 977. The van der Waals surface area contributed by atoms with Crippen molar-refractivity contribution in [3.8, 4) is 0 Å². The summed E-state index contributed by atoms with van der Waals surface area (Å²) in [5.74, 6) is 0. The molecule has 31 heavy (non-hydrogen) atoms. The smallest absolute Gasteiger partial charge is 0.359 e. The monoisotopic (exact) mass is 462 g/mol. The third-order valence-corrected chi connectivity index (χ3v) is 7.67. The average molecular weight is 462 g/mol. The Morgan fingerprint density at radius 1 is 1.29 bits per heavy atom. The minimum absolute atomic E-state index is 0.0294. The van der Waals surface area contributed by atoms with Gasteiger partial charge in [0.05, 0.1) is 31.5 Å². The maximum atomic E-state index is 12.6. The molecule has 13 heteroatoms. The zero-order valence-electron chi connectivity index (χ0n) is 18.1. The van der Waals surface area contributed by atoms with E-state index in [1.165, 1.54) is 24.1 Å². The van der Waals surface area contributed by atoms with E-state index in [9.17, 15) is 29.6 Å². The number of nitrogens with zero attached hydrogens (tertiary/aromatic N) is 3. The molecule has 0 radical (unpaired) electrons. The van der Waals surface area contributed by atoms with Crippen molar-refractivity contribution in [1.82, 2.24) is 19.5 Å². The van der Waals surface area contributed by atoms with E-state index in [1.54, 1.807) is 20.8 Å². The molecule has 0 aliphatic carbocycles. The molecule has 0 aromatic carbocycles. The number of aliphatic hydroxyl groups is 3. The van der Waals surface area contributed by atoms with E-state index < -0.39 is 43.0 Å². The zero-order chi connectivity index (χ0) is 23.4. The summed E-state index contributed by atoms with van der Waals surface area (Å²) in [6, 6.07) is 0. The second-order valence-electron chi connectivity index (χ2n) is 7.80. The van der Waals surface area contributed by atoms with E-state index >= 15 is 0 Å². The first kappa shape index (κ1) is 25.6. The molecule has 0 bridgehead atoms. The van der Waals surface area contributed by atoms with E-state index in [4.69, 9.17) is 9.26 Å². The fourth-order valence-electron chi connectivity index (χ4n) is 2.80. The van der Waals surface area contributed by atoms with Gasteiger partial charge < -0.3 is 34.5 Å². The number of rotatable bonds is 12. The van der Waals surface area contributed by atoms with Gasteiger partial charge in [-0.25, -0.2) is 9.97 Å². The molecule has 5 atom stereocenters. The number of aromatic nitrogens is 4. The molecule has 0 saturated carbocycles. The van der Waals surface area contributed by atoms with Gasteiger partial charge in [-0.2, -0.15) is 0 Å². The van der Waals surface area contributed by atoms with Crippen molar-refractivity contribution in [2.24, 2.45) is 0 Å². The molecule has 2 heterocycles. The van der Waals surface area contributed by atoms with Gasteiger partial charge in [0.25, 0.3) is 5.56 Å². The predicted octanol–water partition coefficient (Wildman–Crippen LogP) is 0.867. The van der Waals surface area contributed by atoms with Crippen LogP contribution >= 0.6 is 7.60 Å². The molecule has 2 rings (SSSR count). The summed E-state index contributed by atoms with van der Waals surface area (Å²) in [4.78, 5) is 32.5. The summed E-state index contributed by atoms with van der Waals surface area (Å²) in [5.41, 5.74) is -1.36. The molecule has 0 aliphatic rings. The number of ether oxygens (including phenoxy) is 1. The molecule has 0 spiro atoms. The van der Waals surface area contributed by atoms with Crippen LogP contribution in [0.2, 0.25) is 0 Å². The topological polar surface area (TPSA) is 180 Å². The molecule has 0 saturated heterocycles. The molecule has 176 valence electrons. The number of hydrogen-bond donors (Lipinski definition) is 5. The molecular weight excluding hydrogens is 431 g/mol. The fourth-order valence-corrected chi connectivity index (χ4v) is 4.21. The molecule has 0 aliphatic heterocycles. The molecular formula is C18H31N4O8P. The van der Waals surface area contributed by atoms with Crippen molar-refractivity contribution in [1.29, 1.82) is 0 Å². The lowest BCUT2D eigenvalue weighted by Gasteiger charge is -2.36. The van der Waals surface area contributed by atoms with Crippen LogP contribution in [0.4, 0.5) is 0 Å². The summed E-state index contributed by atoms with van der Waals surface area (Å²) in [6.45, 7) is 5.54. The summed E-state index contributed by atoms with van der Waals surface area (Å²) in [6.07, 6.45) is 0.504. The number of H-pyrrole nitrogens is 1. The first-order chi connectivity index (χ1) is 14.4. The lowest BCUT2D eigenvalue weighted by Crippen LogP contribution is -2.35. The Labute approximate surface area is 179 Å². The molecule has 12 nitrogen and oxygen atoms in total. The second kappa shape index (κ2) is 9.86. The Balaban J connectivity index is 2.19. The Morgan fingerprint density at radius 2 is 1.97 bits per heavy atom. The third kappa shape index (κ3) is 5.58. The van der Waals surface area contributed by atoms with Crippen LogP contribution in [-0.2, 0) is 13.8 Å².